The van der Waals surface area contributed by atoms with Crippen molar-refractivity contribution >= 4 is 22.5 Å². The molecule has 38 heavy (non-hydrogen) atoms. The molecule has 0 amide bonds. The highest BCUT2D eigenvalue weighted by molar-refractivity contribution is 6.31. The number of ether oxygens (including phenoxy) is 1. The Morgan fingerprint density at radius 3 is 2.68 bits per heavy atom. The highest BCUT2D eigenvalue weighted by atomic mass is 35.5. The number of hydrogen-bond acceptors (Lipinski definition) is 7. The number of H-pyrrole nitrogens is 1. The molecular formula is C28H29ClN6O3. The summed E-state index contributed by atoms with van der Waals surface area (Å²) < 4.78 is 12.9. The number of rotatable bonds is 11. The molecule has 0 bridgehead atoms. The Labute approximate surface area is 225 Å². The number of nitrogens with zero attached hydrogens (tertiary/aromatic N) is 5. The molecule has 2 aromatic carbocycles. The summed E-state index contributed by atoms with van der Waals surface area (Å²) in [4.78, 5) is 18.4. The average Bonchev–Trinajstić information content (AvgIpc) is 3.59. The van der Waals surface area contributed by atoms with Crippen LogP contribution in [-0.2, 0) is 19.6 Å². The van der Waals surface area contributed by atoms with Crippen LogP contribution >= 0.6 is 11.6 Å². The zero-order valence-electron chi connectivity index (χ0n) is 21.3. The van der Waals surface area contributed by atoms with E-state index < -0.39 is 0 Å². The fraction of sp³-hybridized carbons (Fsp3) is 0.286. The molecule has 0 aliphatic rings. The van der Waals surface area contributed by atoms with Crippen molar-refractivity contribution in [3.05, 3.63) is 105 Å². The van der Waals surface area contributed by atoms with Gasteiger partial charge in [0.25, 0.3) is 5.56 Å². The summed E-state index contributed by atoms with van der Waals surface area (Å²) in [6.07, 6.45) is 2.34. The van der Waals surface area contributed by atoms with Gasteiger partial charge in [0, 0.05) is 34.6 Å². The highest BCUT2D eigenvalue weighted by Gasteiger charge is 2.27. The van der Waals surface area contributed by atoms with Crippen LogP contribution in [0.1, 0.15) is 49.0 Å². The SMILES string of the molecule is CCOc1ccc2[nH]c(=O)c(CN(Cc3ccccc3Cl)[C@H](CC)c3nnnn3Cc3ccco3)cc2c1. The van der Waals surface area contributed by atoms with Gasteiger partial charge in [0.05, 0.1) is 18.9 Å². The molecule has 1 atom stereocenters. The first-order valence-corrected chi connectivity index (χ1v) is 13.0. The normalized spacial score (nSPS) is 12.3. The largest absolute Gasteiger partial charge is 0.494 e. The van der Waals surface area contributed by atoms with E-state index >= 15 is 0 Å². The maximum atomic E-state index is 13.2. The summed E-state index contributed by atoms with van der Waals surface area (Å²) in [6, 6.07) is 18.8. The second-order valence-electron chi connectivity index (χ2n) is 9.00. The zero-order chi connectivity index (χ0) is 26.5. The van der Waals surface area contributed by atoms with E-state index in [0.29, 0.717) is 49.1 Å². The van der Waals surface area contributed by atoms with Crippen LogP contribution < -0.4 is 10.3 Å². The van der Waals surface area contributed by atoms with Crippen LogP contribution in [0.2, 0.25) is 5.02 Å². The third-order valence-corrected chi connectivity index (χ3v) is 6.85. The fourth-order valence-corrected chi connectivity index (χ4v) is 4.86. The van der Waals surface area contributed by atoms with Gasteiger partial charge in [-0.3, -0.25) is 9.69 Å². The number of aromatic nitrogens is 5. The molecule has 0 aliphatic carbocycles. The van der Waals surface area contributed by atoms with Crippen LogP contribution in [0.4, 0.5) is 0 Å². The molecule has 0 saturated heterocycles. The topological polar surface area (TPSA) is 102 Å². The third kappa shape index (κ3) is 5.64. The van der Waals surface area contributed by atoms with Gasteiger partial charge >= 0.3 is 0 Å². The number of furan rings is 1. The van der Waals surface area contributed by atoms with Crippen molar-refractivity contribution in [3.63, 3.8) is 0 Å². The lowest BCUT2D eigenvalue weighted by molar-refractivity contribution is 0.161. The average molecular weight is 533 g/mol. The number of tetrazole rings is 1. The monoisotopic (exact) mass is 532 g/mol. The number of halogens is 1. The van der Waals surface area contributed by atoms with E-state index in [-0.39, 0.29) is 11.6 Å². The number of benzene rings is 2. The number of nitrogens with one attached hydrogen (secondary N) is 1. The van der Waals surface area contributed by atoms with E-state index in [2.05, 4.69) is 32.3 Å². The standard InChI is InChI=1S/C28H29ClN6O3/c1-3-26(27-31-32-33-35(27)18-23-9-7-13-38-23)34(16-19-8-5-6-10-24(19)29)17-21-14-20-15-22(37-4-2)11-12-25(20)30-28(21)36/h5-15,26H,3-4,16-18H2,1-2H3,(H,30,36)/t26-/m1/s1. The molecule has 5 rings (SSSR count). The van der Waals surface area contributed by atoms with Crippen molar-refractivity contribution in [1.82, 2.24) is 30.1 Å². The molecule has 1 N–H and O–H groups in total. The van der Waals surface area contributed by atoms with Crippen molar-refractivity contribution in [3.8, 4) is 5.75 Å². The van der Waals surface area contributed by atoms with Crippen molar-refractivity contribution in [2.75, 3.05) is 6.61 Å². The van der Waals surface area contributed by atoms with E-state index in [1.165, 1.54) is 0 Å². The second kappa shape index (κ2) is 11.6. The Balaban J connectivity index is 1.53. The molecular weight excluding hydrogens is 504 g/mol. The van der Waals surface area contributed by atoms with Gasteiger partial charge in [0.2, 0.25) is 0 Å². The van der Waals surface area contributed by atoms with E-state index in [9.17, 15) is 4.79 Å². The Hall–Kier alpha value is -3.95. The zero-order valence-corrected chi connectivity index (χ0v) is 22.1. The van der Waals surface area contributed by atoms with Crippen LogP contribution in [0.3, 0.4) is 0 Å². The number of fused-ring (bicyclic) bond motifs is 1. The van der Waals surface area contributed by atoms with Gasteiger partial charge in [0.15, 0.2) is 5.82 Å². The maximum absolute atomic E-state index is 13.2. The van der Waals surface area contributed by atoms with Gasteiger partial charge in [-0.1, -0.05) is 36.7 Å². The first kappa shape index (κ1) is 25.7. The molecule has 0 fully saturated rings. The molecule has 0 saturated carbocycles. The molecule has 9 nitrogen and oxygen atoms in total. The van der Waals surface area contributed by atoms with Crippen molar-refractivity contribution < 1.29 is 9.15 Å². The molecule has 5 aromatic rings. The van der Waals surface area contributed by atoms with Crippen molar-refractivity contribution in [2.24, 2.45) is 0 Å². The van der Waals surface area contributed by atoms with E-state index in [1.54, 1.807) is 10.9 Å². The summed E-state index contributed by atoms with van der Waals surface area (Å²) in [5, 5.41) is 14.1. The Morgan fingerprint density at radius 1 is 1.08 bits per heavy atom. The molecule has 0 unspecified atom stereocenters. The Kier molecular flexibility index (Phi) is 7.86. The summed E-state index contributed by atoms with van der Waals surface area (Å²) in [5.41, 5.74) is 2.19. The summed E-state index contributed by atoms with van der Waals surface area (Å²) in [7, 11) is 0. The van der Waals surface area contributed by atoms with Gasteiger partial charge in [-0.25, -0.2) is 4.68 Å². The lowest BCUT2D eigenvalue weighted by atomic mass is 10.1. The van der Waals surface area contributed by atoms with Crippen LogP contribution in [0.15, 0.2) is 76.1 Å². The predicted octanol–water partition coefficient (Wildman–Crippen LogP) is 5.36. The maximum Gasteiger partial charge on any atom is 0.252 e. The minimum absolute atomic E-state index is 0.143. The summed E-state index contributed by atoms with van der Waals surface area (Å²) in [6.45, 7) is 5.86. The summed E-state index contributed by atoms with van der Waals surface area (Å²) >= 11 is 6.56. The van der Waals surface area contributed by atoms with Crippen LogP contribution in [0.5, 0.6) is 5.75 Å². The Morgan fingerprint density at radius 2 is 1.92 bits per heavy atom. The molecule has 0 spiro atoms. The number of aromatic amines is 1. The first-order valence-electron chi connectivity index (χ1n) is 12.6. The van der Waals surface area contributed by atoms with Gasteiger partial charge < -0.3 is 14.1 Å². The van der Waals surface area contributed by atoms with Gasteiger partial charge in [-0.15, -0.1) is 5.10 Å². The smallest absolute Gasteiger partial charge is 0.252 e. The molecule has 3 heterocycles. The van der Waals surface area contributed by atoms with Crippen LogP contribution in [0.25, 0.3) is 10.9 Å². The molecule has 10 heteroatoms. The van der Waals surface area contributed by atoms with Crippen LogP contribution in [-0.4, -0.2) is 36.7 Å². The van der Waals surface area contributed by atoms with Crippen molar-refractivity contribution in [1.29, 1.82) is 0 Å². The fourth-order valence-electron chi connectivity index (χ4n) is 4.66. The van der Waals surface area contributed by atoms with E-state index in [0.717, 1.165) is 28.0 Å². The number of pyridine rings is 1. The lowest BCUT2D eigenvalue weighted by Gasteiger charge is -2.30. The highest BCUT2D eigenvalue weighted by Crippen LogP contribution is 2.29. The molecule has 0 aliphatic heterocycles. The minimum Gasteiger partial charge on any atom is -0.494 e. The summed E-state index contributed by atoms with van der Waals surface area (Å²) in [5.74, 6) is 2.20. The molecule has 196 valence electrons. The lowest BCUT2D eigenvalue weighted by Crippen LogP contribution is -2.32. The number of hydrogen-bond donors (Lipinski definition) is 1. The second-order valence-corrected chi connectivity index (χ2v) is 9.41. The third-order valence-electron chi connectivity index (χ3n) is 6.48. The van der Waals surface area contributed by atoms with Gasteiger partial charge in [-0.2, -0.15) is 0 Å². The van der Waals surface area contributed by atoms with Crippen LogP contribution in [0, 0.1) is 0 Å². The van der Waals surface area contributed by atoms with E-state index in [4.69, 9.17) is 20.8 Å². The van der Waals surface area contributed by atoms with Gasteiger partial charge in [-0.05, 0) is 71.8 Å². The predicted molar refractivity (Wildman–Crippen MR) is 145 cm³/mol. The first-order chi connectivity index (χ1) is 18.6. The minimum atomic E-state index is -0.193. The van der Waals surface area contributed by atoms with Crippen molar-refractivity contribution in [2.45, 2.75) is 45.9 Å². The quantitative estimate of drug-likeness (QED) is 0.244. The van der Waals surface area contributed by atoms with Gasteiger partial charge in [0.1, 0.15) is 18.1 Å². The van der Waals surface area contributed by atoms with E-state index in [1.807, 2.05) is 67.6 Å². The Bertz CT molecular complexity index is 1560. The molecule has 0 radical (unpaired) electrons. The molecule has 3 aromatic heterocycles.